The van der Waals surface area contributed by atoms with Gasteiger partial charge in [0, 0.05) is 24.6 Å². The van der Waals surface area contributed by atoms with Crippen molar-refractivity contribution in [3.63, 3.8) is 0 Å². The number of hydrogen-bond donors (Lipinski definition) is 0. The summed E-state index contributed by atoms with van der Waals surface area (Å²) in [6.45, 7) is 1.58. The molecule has 4 rings (SSSR count). The van der Waals surface area contributed by atoms with Crippen LogP contribution in [0, 0.1) is 5.92 Å². The fourth-order valence-corrected chi connectivity index (χ4v) is 4.09. The first-order valence-electron chi connectivity index (χ1n) is 9.49. The molecule has 1 aromatic heterocycles. The number of aromatic nitrogens is 2. The molecule has 1 saturated carbocycles. The predicted molar refractivity (Wildman–Crippen MR) is 94.9 cm³/mol. The normalized spacial score (nSPS) is 22.1. The minimum absolute atomic E-state index is 0.159. The summed E-state index contributed by atoms with van der Waals surface area (Å²) in [6.07, 6.45) is 7.78. The summed E-state index contributed by atoms with van der Waals surface area (Å²) in [7, 11) is 0. The highest BCUT2D eigenvalue weighted by Gasteiger charge is 2.32. The van der Waals surface area contributed by atoms with E-state index in [9.17, 15) is 4.79 Å². The van der Waals surface area contributed by atoms with Crippen LogP contribution in [0.3, 0.4) is 0 Å². The number of rotatable bonds is 3. The zero-order chi connectivity index (χ0) is 17.1. The first kappa shape index (κ1) is 16.3. The quantitative estimate of drug-likeness (QED) is 0.847. The van der Waals surface area contributed by atoms with E-state index in [2.05, 4.69) is 10.1 Å². The topological polar surface area (TPSA) is 59.2 Å². The Labute approximate surface area is 148 Å². The van der Waals surface area contributed by atoms with Gasteiger partial charge in [-0.3, -0.25) is 4.79 Å². The highest BCUT2D eigenvalue weighted by Crippen LogP contribution is 2.31. The summed E-state index contributed by atoms with van der Waals surface area (Å²) >= 11 is 0. The van der Waals surface area contributed by atoms with Gasteiger partial charge in [0.2, 0.25) is 17.6 Å². The van der Waals surface area contributed by atoms with Crippen molar-refractivity contribution in [1.82, 2.24) is 15.0 Å². The molecular weight excluding hydrogens is 314 g/mol. The Bertz CT molecular complexity index is 707. The minimum Gasteiger partial charge on any atom is -0.342 e. The lowest BCUT2D eigenvalue weighted by Gasteiger charge is -2.34. The summed E-state index contributed by atoms with van der Waals surface area (Å²) in [6, 6.07) is 9.87. The van der Waals surface area contributed by atoms with Crippen molar-refractivity contribution in [2.75, 3.05) is 13.1 Å². The lowest BCUT2D eigenvalue weighted by atomic mass is 9.87. The van der Waals surface area contributed by atoms with Gasteiger partial charge in [0.15, 0.2) is 0 Å². The molecule has 1 aliphatic heterocycles. The van der Waals surface area contributed by atoms with E-state index < -0.39 is 0 Å². The minimum atomic E-state index is 0.159. The second kappa shape index (κ2) is 7.38. The van der Waals surface area contributed by atoms with Crippen LogP contribution in [-0.2, 0) is 4.79 Å². The molecule has 5 heteroatoms. The van der Waals surface area contributed by atoms with Gasteiger partial charge in [-0.1, -0.05) is 54.8 Å². The summed E-state index contributed by atoms with van der Waals surface area (Å²) in [5.74, 6) is 2.03. The van der Waals surface area contributed by atoms with Crippen molar-refractivity contribution < 1.29 is 9.32 Å². The number of carbonyl (C=O) groups is 1. The number of carbonyl (C=O) groups excluding carboxylic acids is 1. The maximum absolute atomic E-state index is 12.8. The Morgan fingerprint density at radius 2 is 1.84 bits per heavy atom. The molecule has 0 bridgehead atoms. The molecule has 1 saturated heterocycles. The first-order chi connectivity index (χ1) is 12.3. The Morgan fingerprint density at radius 3 is 2.64 bits per heavy atom. The van der Waals surface area contributed by atoms with Crippen LogP contribution in [0.15, 0.2) is 34.9 Å². The Balaban J connectivity index is 1.44. The maximum Gasteiger partial charge on any atom is 0.231 e. The van der Waals surface area contributed by atoms with Crippen LogP contribution in [0.1, 0.15) is 56.8 Å². The molecule has 2 aromatic rings. The van der Waals surface area contributed by atoms with Crippen LogP contribution >= 0.6 is 0 Å². The molecule has 25 heavy (non-hydrogen) atoms. The molecule has 1 atom stereocenters. The van der Waals surface area contributed by atoms with Crippen LogP contribution < -0.4 is 0 Å². The van der Waals surface area contributed by atoms with E-state index >= 15 is 0 Å². The molecule has 5 nitrogen and oxygen atoms in total. The fourth-order valence-electron chi connectivity index (χ4n) is 4.09. The molecule has 0 spiro atoms. The first-order valence-corrected chi connectivity index (χ1v) is 9.49. The molecule has 1 amide bonds. The van der Waals surface area contributed by atoms with Gasteiger partial charge in [0.25, 0.3) is 0 Å². The second-order valence-corrected chi connectivity index (χ2v) is 7.28. The highest BCUT2D eigenvalue weighted by molar-refractivity contribution is 5.79. The lowest BCUT2D eigenvalue weighted by molar-refractivity contribution is -0.137. The molecule has 1 aliphatic carbocycles. The van der Waals surface area contributed by atoms with Crippen molar-refractivity contribution in [1.29, 1.82) is 0 Å². The summed E-state index contributed by atoms with van der Waals surface area (Å²) in [5, 5.41) is 4.13. The molecule has 132 valence electrons. The molecule has 2 aliphatic rings. The maximum atomic E-state index is 12.8. The largest absolute Gasteiger partial charge is 0.342 e. The Hall–Kier alpha value is -2.17. The monoisotopic (exact) mass is 339 g/mol. The summed E-state index contributed by atoms with van der Waals surface area (Å²) in [4.78, 5) is 19.4. The van der Waals surface area contributed by atoms with E-state index in [1.54, 1.807) is 0 Å². The molecule has 0 radical (unpaired) electrons. The van der Waals surface area contributed by atoms with Gasteiger partial charge in [-0.2, -0.15) is 4.98 Å². The van der Waals surface area contributed by atoms with E-state index in [-0.39, 0.29) is 11.8 Å². The number of likely N-dealkylation sites (tertiary alicyclic amines) is 1. The number of amides is 1. The second-order valence-electron chi connectivity index (χ2n) is 7.28. The Kier molecular flexibility index (Phi) is 4.81. The predicted octanol–water partition coefficient (Wildman–Crippen LogP) is 4.02. The van der Waals surface area contributed by atoms with Gasteiger partial charge in [-0.15, -0.1) is 0 Å². The average molecular weight is 339 g/mol. The van der Waals surface area contributed by atoms with E-state index in [0.717, 1.165) is 37.8 Å². The van der Waals surface area contributed by atoms with Gasteiger partial charge < -0.3 is 9.42 Å². The van der Waals surface area contributed by atoms with Crippen LogP contribution in [-0.4, -0.2) is 34.0 Å². The van der Waals surface area contributed by atoms with Crippen LogP contribution in [0.5, 0.6) is 0 Å². The average Bonchev–Trinajstić information content (AvgIpc) is 3.19. The van der Waals surface area contributed by atoms with Crippen molar-refractivity contribution >= 4 is 5.91 Å². The third kappa shape index (κ3) is 3.60. The van der Waals surface area contributed by atoms with Crippen molar-refractivity contribution in [2.24, 2.45) is 5.92 Å². The SMILES string of the molecule is O=C(C1CCCCC1)N1CCC[C@H](c2nc(-c3ccccc3)no2)C1. The zero-order valence-corrected chi connectivity index (χ0v) is 14.6. The molecule has 2 fully saturated rings. The molecule has 0 N–H and O–H groups in total. The Morgan fingerprint density at radius 1 is 1.04 bits per heavy atom. The van der Waals surface area contributed by atoms with Crippen molar-refractivity contribution in [3.8, 4) is 11.4 Å². The van der Waals surface area contributed by atoms with Crippen LogP contribution in [0.2, 0.25) is 0 Å². The van der Waals surface area contributed by atoms with Gasteiger partial charge in [-0.05, 0) is 25.7 Å². The van der Waals surface area contributed by atoms with Crippen LogP contribution in [0.4, 0.5) is 0 Å². The summed E-state index contributed by atoms with van der Waals surface area (Å²) < 4.78 is 5.53. The van der Waals surface area contributed by atoms with E-state index in [0.29, 0.717) is 24.2 Å². The van der Waals surface area contributed by atoms with E-state index in [1.807, 2.05) is 35.2 Å². The molecular formula is C20H25N3O2. The van der Waals surface area contributed by atoms with Gasteiger partial charge in [0.05, 0.1) is 5.92 Å². The molecule has 1 aromatic carbocycles. The highest BCUT2D eigenvalue weighted by atomic mass is 16.5. The number of piperidine rings is 1. The van der Waals surface area contributed by atoms with Crippen molar-refractivity contribution in [3.05, 3.63) is 36.2 Å². The fraction of sp³-hybridized carbons (Fsp3) is 0.550. The van der Waals surface area contributed by atoms with E-state index in [4.69, 9.17) is 4.52 Å². The van der Waals surface area contributed by atoms with Gasteiger partial charge in [0.1, 0.15) is 0 Å². The molecule has 2 heterocycles. The van der Waals surface area contributed by atoms with E-state index in [1.165, 1.54) is 19.3 Å². The third-order valence-corrected chi connectivity index (χ3v) is 5.51. The molecule has 0 unspecified atom stereocenters. The van der Waals surface area contributed by atoms with Crippen molar-refractivity contribution in [2.45, 2.75) is 50.9 Å². The zero-order valence-electron chi connectivity index (χ0n) is 14.6. The number of nitrogens with zero attached hydrogens (tertiary/aromatic N) is 3. The smallest absolute Gasteiger partial charge is 0.231 e. The van der Waals surface area contributed by atoms with Crippen LogP contribution in [0.25, 0.3) is 11.4 Å². The summed E-state index contributed by atoms with van der Waals surface area (Å²) in [5.41, 5.74) is 0.962. The number of benzene rings is 1. The lowest BCUT2D eigenvalue weighted by Crippen LogP contribution is -2.42. The number of hydrogen-bond acceptors (Lipinski definition) is 4. The third-order valence-electron chi connectivity index (χ3n) is 5.51. The standard InChI is InChI=1S/C20H25N3O2/c24-20(16-10-5-2-6-11-16)23-13-7-12-17(14-23)19-21-18(22-25-19)15-8-3-1-4-9-15/h1,3-4,8-9,16-17H,2,5-7,10-14H2/t17-/m0/s1. The van der Waals surface area contributed by atoms with Gasteiger partial charge >= 0.3 is 0 Å². The van der Waals surface area contributed by atoms with Gasteiger partial charge in [-0.25, -0.2) is 0 Å².